The standard InChI is InChI=1S/C20H26O5S.Na/c1-2-3-4-5-6-7-9-16-10-8-11-19(20(16)21)25-17-12-14-18(15-13-17)26(22,23)24;/h8,10-15,21H,2-7,9H2,1H3,(H,22,23,24);/q;+1/p-1. The molecule has 2 rings (SSSR count). The molecule has 0 amide bonds. The van der Waals surface area contributed by atoms with Crippen LogP contribution in [-0.4, -0.2) is 13.0 Å². The summed E-state index contributed by atoms with van der Waals surface area (Å²) >= 11 is 0. The predicted molar refractivity (Wildman–Crippen MR) is 99.3 cm³/mol. The number of ether oxygens (including phenoxy) is 1. The number of benzene rings is 2. The summed E-state index contributed by atoms with van der Waals surface area (Å²) in [6.07, 6.45) is 7.72. The minimum atomic E-state index is -4.24. The van der Waals surface area contributed by atoms with Gasteiger partial charge in [0.15, 0.2) is 0 Å². The zero-order chi connectivity index (χ0) is 19.0. The van der Waals surface area contributed by atoms with Crippen LogP contribution in [0.5, 0.6) is 17.2 Å². The van der Waals surface area contributed by atoms with Crippen LogP contribution < -0.4 is 39.4 Å². The van der Waals surface area contributed by atoms with E-state index < -0.39 is 10.1 Å². The molecule has 5 nitrogen and oxygen atoms in total. The van der Waals surface area contributed by atoms with Gasteiger partial charge in [-0.3, -0.25) is 4.55 Å². The third kappa shape index (κ3) is 7.84. The second-order valence-corrected chi connectivity index (χ2v) is 7.73. The number of unbranched alkanes of at least 4 members (excludes halogenated alkanes) is 5. The fourth-order valence-electron chi connectivity index (χ4n) is 2.74. The third-order valence-corrected chi connectivity index (χ3v) is 5.08. The van der Waals surface area contributed by atoms with Gasteiger partial charge in [-0.1, -0.05) is 62.5 Å². The van der Waals surface area contributed by atoms with Crippen molar-refractivity contribution in [2.75, 3.05) is 0 Å². The van der Waals surface area contributed by atoms with Crippen LogP contribution >= 0.6 is 0 Å². The zero-order valence-electron chi connectivity index (χ0n) is 16.0. The summed E-state index contributed by atoms with van der Waals surface area (Å²) in [5.41, 5.74) is 0.729. The maximum atomic E-state index is 12.5. The first-order valence-corrected chi connectivity index (χ1v) is 10.4. The molecule has 0 saturated heterocycles. The van der Waals surface area contributed by atoms with E-state index in [1.807, 2.05) is 6.07 Å². The molecule has 0 fully saturated rings. The third-order valence-electron chi connectivity index (χ3n) is 4.21. The summed E-state index contributed by atoms with van der Waals surface area (Å²) in [5, 5.41) is 12.5. The van der Waals surface area contributed by atoms with Crippen LogP contribution in [-0.2, 0) is 16.5 Å². The second-order valence-electron chi connectivity index (χ2n) is 6.31. The van der Waals surface area contributed by atoms with Crippen molar-refractivity contribution in [1.29, 1.82) is 0 Å². The van der Waals surface area contributed by atoms with Crippen molar-refractivity contribution in [3.05, 3.63) is 48.0 Å². The molecular weight excluding hydrogens is 375 g/mol. The van der Waals surface area contributed by atoms with Crippen LogP contribution in [0.4, 0.5) is 0 Å². The maximum Gasteiger partial charge on any atom is 1.00 e. The Morgan fingerprint density at radius 3 is 2.22 bits per heavy atom. The molecule has 0 radical (unpaired) electrons. The summed E-state index contributed by atoms with van der Waals surface area (Å²) in [6.45, 7) is 2.19. The molecule has 7 heteroatoms. The molecule has 0 aliphatic rings. The van der Waals surface area contributed by atoms with Crippen molar-refractivity contribution in [2.24, 2.45) is 0 Å². The van der Waals surface area contributed by atoms with Crippen LogP contribution in [0.1, 0.15) is 51.0 Å². The summed E-state index contributed by atoms with van der Waals surface area (Å²) in [5.74, 6) is 0.416. The average Bonchev–Trinajstić information content (AvgIpc) is 2.60. The van der Waals surface area contributed by atoms with E-state index >= 15 is 0 Å². The van der Waals surface area contributed by atoms with E-state index in [0.717, 1.165) is 24.8 Å². The molecule has 0 bridgehead atoms. The fourth-order valence-corrected chi connectivity index (χ4v) is 3.22. The topological polar surface area (TPSA) is 86.7 Å². The Kier molecular flexibility index (Phi) is 10.4. The summed E-state index contributed by atoms with van der Waals surface area (Å²) in [6, 6.07) is 10.5. The normalized spacial score (nSPS) is 11.0. The first-order chi connectivity index (χ1) is 12.4. The molecule has 0 spiro atoms. The number of aryl methyl sites for hydroxylation is 1. The summed E-state index contributed by atoms with van der Waals surface area (Å²) < 4.78 is 36.7. The minimum Gasteiger partial charge on any atom is -0.870 e. The Labute approximate surface area is 183 Å². The van der Waals surface area contributed by atoms with Crippen molar-refractivity contribution in [2.45, 2.75) is 56.8 Å². The molecule has 142 valence electrons. The zero-order valence-corrected chi connectivity index (χ0v) is 18.8. The molecule has 2 aromatic rings. The van der Waals surface area contributed by atoms with Gasteiger partial charge in [0.2, 0.25) is 0 Å². The van der Waals surface area contributed by atoms with Gasteiger partial charge in [-0.2, -0.15) is 8.42 Å². The Hall–Kier alpha value is -1.05. The maximum absolute atomic E-state index is 12.5. The molecule has 0 aromatic heterocycles. The summed E-state index contributed by atoms with van der Waals surface area (Å²) in [7, 11) is -4.24. The van der Waals surface area contributed by atoms with E-state index in [4.69, 9.17) is 9.29 Å². The molecule has 0 aliphatic carbocycles. The van der Waals surface area contributed by atoms with E-state index in [0.29, 0.717) is 5.75 Å². The quantitative estimate of drug-likeness (QED) is 0.373. The van der Waals surface area contributed by atoms with Gasteiger partial charge in [0.05, 0.1) is 4.90 Å². The molecule has 1 N–H and O–H groups in total. The Morgan fingerprint density at radius 2 is 1.59 bits per heavy atom. The Morgan fingerprint density at radius 1 is 0.963 bits per heavy atom. The number of hydrogen-bond acceptors (Lipinski definition) is 4. The van der Waals surface area contributed by atoms with Crippen LogP contribution in [0.3, 0.4) is 0 Å². The molecule has 0 aliphatic heterocycles. The molecule has 0 heterocycles. The SMILES string of the molecule is CCCCCCCCc1cccc(Oc2ccc(S(=O)(=O)O)cc2)c1[O-].[Na+]. The van der Waals surface area contributed by atoms with E-state index in [2.05, 4.69) is 6.92 Å². The summed E-state index contributed by atoms with van der Waals surface area (Å²) in [4.78, 5) is -0.218. The van der Waals surface area contributed by atoms with Crippen molar-refractivity contribution >= 4 is 10.1 Å². The largest absolute Gasteiger partial charge is 1.00 e. The van der Waals surface area contributed by atoms with Gasteiger partial charge in [0, 0.05) is 0 Å². The van der Waals surface area contributed by atoms with Crippen LogP contribution in [0.25, 0.3) is 0 Å². The van der Waals surface area contributed by atoms with Gasteiger partial charge in [-0.15, -0.1) is 0 Å². The molecule has 27 heavy (non-hydrogen) atoms. The predicted octanol–water partition coefficient (Wildman–Crippen LogP) is 1.71. The first kappa shape index (κ1) is 24.0. The van der Waals surface area contributed by atoms with E-state index in [1.54, 1.807) is 12.1 Å². The Balaban J connectivity index is 0.00000364. The van der Waals surface area contributed by atoms with Crippen molar-refractivity contribution in [3.63, 3.8) is 0 Å². The van der Waals surface area contributed by atoms with Crippen molar-refractivity contribution < 1.29 is 52.4 Å². The monoisotopic (exact) mass is 400 g/mol. The van der Waals surface area contributed by atoms with Gasteiger partial charge < -0.3 is 9.84 Å². The van der Waals surface area contributed by atoms with Gasteiger partial charge in [-0.25, -0.2) is 0 Å². The molecular formula is C20H25NaO5S. The van der Waals surface area contributed by atoms with Gasteiger partial charge >= 0.3 is 29.6 Å². The number of para-hydroxylation sites is 1. The second kappa shape index (κ2) is 11.7. The number of hydrogen-bond donors (Lipinski definition) is 1. The van der Waals surface area contributed by atoms with Gasteiger partial charge in [0.25, 0.3) is 10.1 Å². The van der Waals surface area contributed by atoms with E-state index in [9.17, 15) is 13.5 Å². The smallest absolute Gasteiger partial charge is 0.870 e. The van der Waals surface area contributed by atoms with Gasteiger partial charge in [0.1, 0.15) is 11.5 Å². The van der Waals surface area contributed by atoms with Crippen molar-refractivity contribution in [3.8, 4) is 17.2 Å². The fraction of sp³-hybridized carbons (Fsp3) is 0.400. The van der Waals surface area contributed by atoms with Crippen LogP contribution in [0.2, 0.25) is 0 Å². The molecule has 2 aromatic carbocycles. The van der Waals surface area contributed by atoms with Crippen LogP contribution in [0.15, 0.2) is 47.4 Å². The van der Waals surface area contributed by atoms with E-state index in [-0.39, 0.29) is 46.0 Å². The minimum absolute atomic E-state index is 0. The molecule has 0 saturated carbocycles. The van der Waals surface area contributed by atoms with Crippen molar-refractivity contribution in [1.82, 2.24) is 0 Å². The molecule has 0 atom stereocenters. The van der Waals surface area contributed by atoms with Crippen LogP contribution in [0, 0.1) is 0 Å². The first-order valence-electron chi connectivity index (χ1n) is 8.96. The average molecular weight is 400 g/mol. The Bertz CT molecular complexity index is 804. The molecule has 0 unspecified atom stereocenters. The number of rotatable bonds is 10. The van der Waals surface area contributed by atoms with Gasteiger partial charge in [-0.05, 0) is 43.2 Å². The van der Waals surface area contributed by atoms with E-state index in [1.165, 1.54) is 49.9 Å².